The molecule has 2 N–H and O–H groups in total. The first-order valence-electron chi connectivity index (χ1n) is 7.44. The van der Waals surface area contributed by atoms with Crippen LogP contribution in [0, 0.1) is 0 Å². The van der Waals surface area contributed by atoms with Gasteiger partial charge in [-0.15, -0.1) is 0 Å². The van der Waals surface area contributed by atoms with Gasteiger partial charge in [-0.1, -0.05) is 18.2 Å². The van der Waals surface area contributed by atoms with E-state index in [-0.39, 0.29) is 23.8 Å². The minimum atomic E-state index is -4.41. The number of nitrogens with zero attached hydrogens (tertiary/aromatic N) is 1. The molecule has 1 aromatic carbocycles. The number of likely N-dealkylation sites (tertiary alicyclic amines) is 1. The minimum absolute atomic E-state index is 0.202. The van der Waals surface area contributed by atoms with Crippen LogP contribution in [0.2, 0.25) is 0 Å². The molecule has 0 saturated carbocycles. The molecule has 1 aliphatic rings. The van der Waals surface area contributed by atoms with Crippen molar-refractivity contribution in [2.75, 3.05) is 24.2 Å². The molecule has 0 bridgehead atoms. The normalized spacial score (nSPS) is 15.9. The van der Waals surface area contributed by atoms with Crippen LogP contribution in [0.5, 0.6) is 0 Å². The van der Waals surface area contributed by atoms with Crippen LogP contribution in [0.25, 0.3) is 0 Å². The highest BCUT2D eigenvalue weighted by Gasteiger charge is 2.30. The van der Waals surface area contributed by atoms with Crippen molar-refractivity contribution in [3.8, 4) is 0 Å². The molecule has 0 spiro atoms. The van der Waals surface area contributed by atoms with Gasteiger partial charge in [-0.2, -0.15) is 13.2 Å². The summed E-state index contributed by atoms with van der Waals surface area (Å²) in [6.45, 7) is 0.881. The first-order chi connectivity index (χ1) is 11.3. The number of thioether (sulfide) groups is 1. The molecular formula is C15H18F3N3O2S. The van der Waals surface area contributed by atoms with E-state index >= 15 is 0 Å². The number of carbonyl (C=O) groups excluding carboxylic acids is 2. The van der Waals surface area contributed by atoms with E-state index in [9.17, 15) is 22.8 Å². The molecule has 2 rings (SSSR count). The zero-order chi connectivity index (χ0) is 17.6. The molecular weight excluding hydrogens is 343 g/mol. The molecule has 5 nitrogen and oxygen atoms in total. The Kier molecular flexibility index (Phi) is 6.36. The van der Waals surface area contributed by atoms with Gasteiger partial charge in [0, 0.05) is 24.8 Å². The van der Waals surface area contributed by atoms with Gasteiger partial charge in [0.15, 0.2) is 0 Å². The predicted molar refractivity (Wildman–Crippen MR) is 86.7 cm³/mol. The van der Waals surface area contributed by atoms with E-state index in [1.54, 1.807) is 17.0 Å². The van der Waals surface area contributed by atoms with Crippen molar-refractivity contribution < 1.29 is 22.8 Å². The second kappa shape index (κ2) is 8.27. The Bertz CT molecular complexity index is 561. The summed E-state index contributed by atoms with van der Waals surface area (Å²) in [5.41, 5.74) is -3.71. The van der Waals surface area contributed by atoms with Gasteiger partial charge in [0.1, 0.15) is 0 Å². The zero-order valence-corrected chi connectivity index (χ0v) is 13.6. The fraction of sp³-hybridized carbons (Fsp3) is 0.467. The fourth-order valence-corrected chi connectivity index (χ4v) is 2.75. The van der Waals surface area contributed by atoms with Gasteiger partial charge < -0.3 is 15.5 Å². The van der Waals surface area contributed by atoms with Crippen LogP contribution in [0.15, 0.2) is 30.3 Å². The summed E-state index contributed by atoms with van der Waals surface area (Å²) in [6, 6.07) is 8.62. The zero-order valence-electron chi connectivity index (χ0n) is 12.8. The van der Waals surface area contributed by atoms with Crippen molar-refractivity contribution in [1.29, 1.82) is 0 Å². The number of amides is 3. The molecule has 0 unspecified atom stereocenters. The molecule has 1 saturated heterocycles. The van der Waals surface area contributed by atoms with Gasteiger partial charge in [0.2, 0.25) is 5.91 Å². The van der Waals surface area contributed by atoms with E-state index in [2.05, 4.69) is 10.6 Å². The average Bonchev–Trinajstić information content (AvgIpc) is 2.54. The van der Waals surface area contributed by atoms with E-state index in [0.717, 1.165) is 0 Å². The molecule has 1 aromatic rings. The van der Waals surface area contributed by atoms with E-state index < -0.39 is 17.2 Å². The number of halogens is 3. The van der Waals surface area contributed by atoms with Crippen molar-refractivity contribution in [2.24, 2.45) is 0 Å². The summed E-state index contributed by atoms with van der Waals surface area (Å²) in [5, 5.41) is 5.36. The molecule has 0 aliphatic carbocycles. The number of benzene rings is 1. The molecule has 1 aliphatic heterocycles. The third-order valence-corrected chi connectivity index (χ3v) is 4.27. The Balaban J connectivity index is 1.71. The van der Waals surface area contributed by atoms with Crippen LogP contribution < -0.4 is 10.6 Å². The number of nitrogens with one attached hydrogen (secondary N) is 2. The summed E-state index contributed by atoms with van der Waals surface area (Å²) in [7, 11) is 0. The Labute approximate surface area is 142 Å². The van der Waals surface area contributed by atoms with E-state index in [4.69, 9.17) is 0 Å². The lowest BCUT2D eigenvalue weighted by molar-refractivity contribution is -0.119. The molecule has 0 aromatic heterocycles. The maximum absolute atomic E-state index is 12.1. The maximum Gasteiger partial charge on any atom is 0.442 e. The largest absolute Gasteiger partial charge is 0.442 e. The van der Waals surface area contributed by atoms with Crippen molar-refractivity contribution in [1.82, 2.24) is 10.2 Å². The Morgan fingerprint density at radius 2 is 1.79 bits per heavy atom. The predicted octanol–water partition coefficient (Wildman–Crippen LogP) is 3.05. The maximum atomic E-state index is 12.1. The van der Waals surface area contributed by atoms with Crippen LogP contribution in [0.3, 0.4) is 0 Å². The number of piperidine rings is 1. The number of para-hydroxylation sites is 1. The van der Waals surface area contributed by atoms with Gasteiger partial charge in [-0.25, -0.2) is 4.79 Å². The highest BCUT2D eigenvalue weighted by Crippen LogP contribution is 2.29. The summed E-state index contributed by atoms with van der Waals surface area (Å²) in [6.07, 6.45) is 1.04. The van der Waals surface area contributed by atoms with Crippen LogP contribution in [0.1, 0.15) is 12.8 Å². The second-order valence-electron chi connectivity index (χ2n) is 5.36. The highest BCUT2D eigenvalue weighted by atomic mass is 32.2. The smallest absolute Gasteiger partial charge is 0.353 e. The van der Waals surface area contributed by atoms with Crippen LogP contribution in [-0.4, -0.2) is 47.2 Å². The number of hydrogen-bond acceptors (Lipinski definition) is 3. The van der Waals surface area contributed by atoms with Crippen molar-refractivity contribution in [2.45, 2.75) is 24.4 Å². The lowest BCUT2D eigenvalue weighted by atomic mass is 10.1. The van der Waals surface area contributed by atoms with Crippen LogP contribution in [-0.2, 0) is 4.79 Å². The summed E-state index contributed by atoms with van der Waals surface area (Å²) in [4.78, 5) is 25.2. The molecule has 0 atom stereocenters. The first-order valence-corrected chi connectivity index (χ1v) is 8.43. The van der Waals surface area contributed by atoms with Gasteiger partial charge in [0.05, 0.1) is 5.75 Å². The highest BCUT2D eigenvalue weighted by molar-refractivity contribution is 8.00. The molecule has 24 heavy (non-hydrogen) atoms. The molecule has 3 amide bonds. The van der Waals surface area contributed by atoms with Crippen LogP contribution in [0.4, 0.5) is 23.7 Å². The number of urea groups is 1. The lowest BCUT2D eigenvalue weighted by Gasteiger charge is -2.32. The van der Waals surface area contributed by atoms with Crippen molar-refractivity contribution >= 4 is 29.4 Å². The number of anilines is 1. The molecule has 0 radical (unpaired) electrons. The van der Waals surface area contributed by atoms with Gasteiger partial charge in [0.25, 0.3) is 0 Å². The summed E-state index contributed by atoms with van der Waals surface area (Å²) >= 11 is -0.350. The lowest BCUT2D eigenvalue weighted by Crippen LogP contribution is -2.48. The standard InChI is InChI=1S/C15H18F3N3O2S/c16-15(17,18)24-10-13(22)19-12-6-8-21(9-7-12)14(23)20-11-4-2-1-3-5-11/h1-5,12H,6-10H2,(H,19,22)(H,20,23). The molecule has 9 heteroatoms. The van der Waals surface area contributed by atoms with Gasteiger partial charge in [-0.05, 0) is 36.7 Å². The Morgan fingerprint density at radius 3 is 2.38 bits per heavy atom. The summed E-state index contributed by atoms with van der Waals surface area (Å²) < 4.78 is 36.1. The van der Waals surface area contributed by atoms with E-state index in [1.165, 1.54) is 0 Å². The Morgan fingerprint density at radius 1 is 1.17 bits per heavy atom. The van der Waals surface area contributed by atoms with Crippen molar-refractivity contribution in [3.63, 3.8) is 0 Å². The minimum Gasteiger partial charge on any atom is -0.353 e. The van der Waals surface area contributed by atoms with Crippen LogP contribution >= 0.6 is 11.8 Å². The number of rotatable bonds is 4. The number of alkyl halides is 3. The van der Waals surface area contributed by atoms with E-state index in [0.29, 0.717) is 31.6 Å². The number of hydrogen-bond donors (Lipinski definition) is 2. The monoisotopic (exact) mass is 361 g/mol. The fourth-order valence-electron chi connectivity index (χ4n) is 2.37. The molecule has 1 fully saturated rings. The topological polar surface area (TPSA) is 61.4 Å². The van der Waals surface area contributed by atoms with Crippen molar-refractivity contribution in [3.05, 3.63) is 30.3 Å². The average molecular weight is 361 g/mol. The quantitative estimate of drug-likeness (QED) is 0.867. The Hall–Kier alpha value is -1.90. The first kappa shape index (κ1) is 18.4. The van der Waals surface area contributed by atoms with E-state index in [1.807, 2.05) is 18.2 Å². The molecule has 1 heterocycles. The third kappa shape index (κ3) is 6.31. The summed E-state index contributed by atoms with van der Waals surface area (Å²) in [5.74, 6) is -1.28. The molecule has 132 valence electrons. The van der Waals surface area contributed by atoms with Gasteiger partial charge >= 0.3 is 11.5 Å². The third-order valence-electron chi connectivity index (χ3n) is 3.54. The number of carbonyl (C=O) groups is 2. The van der Waals surface area contributed by atoms with Gasteiger partial charge in [-0.3, -0.25) is 4.79 Å². The SMILES string of the molecule is O=C(CSC(F)(F)F)NC1CCN(C(=O)Nc2ccccc2)CC1. The second-order valence-corrected chi connectivity index (χ2v) is 6.40.